The second kappa shape index (κ2) is 22.4. The van der Waals surface area contributed by atoms with Crippen molar-refractivity contribution in [1.82, 2.24) is 0 Å². The molecular weight excluding hydrogens is 503 g/mol. The van der Waals surface area contributed by atoms with Crippen LogP contribution >= 0.6 is 0 Å². The Morgan fingerprint density at radius 3 is 2.42 bits per heavy atom. The fraction of sp³-hybridized carbons (Fsp3) is 0.515. The highest BCUT2D eigenvalue weighted by Gasteiger charge is 2.30. The van der Waals surface area contributed by atoms with Gasteiger partial charge in [-0.1, -0.05) is 57.8 Å². The second-order valence-corrected chi connectivity index (χ2v) is 9.05. The molecule has 1 aromatic carbocycles. The number of carbonyl (C=O) groups is 2. The van der Waals surface area contributed by atoms with Gasteiger partial charge in [0.1, 0.15) is 11.5 Å². The van der Waals surface area contributed by atoms with E-state index in [1.54, 1.807) is 19.8 Å². The second-order valence-electron chi connectivity index (χ2n) is 9.05. The molecule has 0 unspecified atom stereocenters. The maximum absolute atomic E-state index is 11.7. The lowest BCUT2D eigenvalue weighted by molar-refractivity contribution is -0.137. The van der Waals surface area contributed by atoms with E-state index in [9.17, 15) is 14.7 Å². The molecule has 7 heteroatoms. The van der Waals surface area contributed by atoms with Crippen LogP contribution in [0, 0.1) is 18.3 Å². The number of carbonyl (C=O) groups excluding carboxylic acids is 2. The van der Waals surface area contributed by atoms with E-state index >= 15 is 0 Å². The van der Waals surface area contributed by atoms with Crippen LogP contribution in [0.5, 0.6) is 11.5 Å². The monoisotopic (exact) mass is 553 g/mol. The number of hydrogen-bond donors (Lipinski definition) is 1. The summed E-state index contributed by atoms with van der Waals surface area (Å²) in [6.07, 6.45) is 15.7. The molecule has 2 rings (SSSR count). The average molecular weight is 554 g/mol. The summed E-state index contributed by atoms with van der Waals surface area (Å²) in [4.78, 5) is 21.6. The first-order valence-corrected chi connectivity index (χ1v) is 13.4. The van der Waals surface area contributed by atoms with Crippen molar-refractivity contribution in [2.45, 2.75) is 93.3 Å². The zero-order valence-electron chi connectivity index (χ0n) is 25.3. The van der Waals surface area contributed by atoms with E-state index in [4.69, 9.17) is 10.8 Å². The number of aromatic hydroxyl groups is 1. The molecule has 0 spiro atoms. The summed E-state index contributed by atoms with van der Waals surface area (Å²) in [5.41, 5.74) is 4.20. The van der Waals surface area contributed by atoms with E-state index in [1.807, 2.05) is 19.1 Å². The van der Waals surface area contributed by atoms with Gasteiger partial charge in [-0.3, -0.25) is 0 Å². The Balaban J connectivity index is 0. The Morgan fingerprint density at radius 1 is 1.25 bits per heavy atom. The van der Waals surface area contributed by atoms with E-state index in [1.165, 1.54) is 17.9 Å². The number of phenols is 1. The minimum atomic E-state index is -0.595. The molecule has 220 valence electrons. The molecule has 2 radical (unpaired) electrons. The van der Waals surface area contributed by atoms with Crippen LogP contribution in [-0.4, -0.2) is 38.1 Å². The van der Waals surface area contributed by atoms with Gasteiger partial charge in [0.05, 0.1) is 33.4 Å². The van der Waals surface area contributed by atoms with Gasteiger partial charge in [-0.15, -0.1) is 6.42 Å². The maximum atomic E-state index is 11.7. The fourth-order valence-electron chi connectivity index (χ4n) is 4.26. The van der Waals surface area contributed by atoms with Crippen molar-refractivity contribution in [3.63, 3.8) is 0 Å². The summed E-state index contributed by atoms with van der Waals surface area (Å²) < 4.78 is 21.1. The molecule has 2 atom stereocenters. The van der Waals surface area contributed by atoms with Gasteiger partial charge in [0, 0.05) is 18.8 Å². The molecule has 0 bridgehead atoms. The van der Waals surface area contributed by atoms with Gasteiger partial charge < -0.3 is 19.3 Å². The molecule has 0 fully saturated rings. The number of benzene rings is 1. The van der Waals surface area contributed by atoms with Gasteiger partial charge in [-0.25, -0.2) is 9.59 Å². The molecule has 40 heavy (non-hydrogen) atoms. The van der Waals surface area contributed by atoms with Crippen molar-refractivity contribution in [2.24, 2.45) is 5.92 Å². The number of unbranched alkanes of at least 4 members (excludes halogenated alkanes) is 2. The van der Waals surface area contributed by atoms with E-state index in [2.05, 4.69) is 45.5 Å². The summed E-state index contributed by atoms with van der Waals surface area (Å²) in [7, 11) is 4.51. The standard InChI is InChI=1S/C26H36O4.C5H6O2.CH3B.CH4/c1-6-8-9-10-20-16-23(27)26(22-15-19(5)11-12-21(22)18(3)4)24(17-20)30-14-13-25(28)29-7-2;1-3-5(6)7-4-2;1-2;/h13-17,21-22,27H,3,6-12H2,1-2,4-5H3;1H,4H2,2H3;1H3;1H4/b14-13+;;;/t21-,22+;;;/m0.../s1/i;;1D;. The number of hydrogen-bond acceptors (Lipinski definition) is 6. The lowest BCUT2D eigenvalue weighted by Crippen LogP contribution is -2.17. The Bertz CT molecular complexity index is 1040. The summed E-state index contributed by atoms with van der Waals surface area (Å²) in [5.74, 6) is 1.82. The van der Waals surface area contributed by atoms with Gasteiger partial charge in [0.2, 0.25) is 0 Å². The number of aryl methyl sites for hydroxylation is 1. The SMILES string of the molecule is C.C#CC(=O)OCC.C=C(C)[C@@H]1CCC(C)=C[C@H]1c1c(O)cc(CCCCC)cc1O/C=C/C(=O)OCC.[2H]C[B]. The lowest BCUT2D eigenvalue weighted by Gasteiger charge is -2.32. The fourth-order valence-corrected chi connectivity index (χ4v) is 4.26. The smallest absolute Gasteiger partial charge is 0.384 e. The molecule has 1 aliphatic rings. The summed E-state index contributed by atoms with van der Waals surface area (Å²) in [6, 6.07) is 3.85. The topological polar surface area (TPSA) is 82.1 Å². The van der Waals surface area contributed by atoms with Crippen LogP contribution in [0.2, 0.25) is 6.80 Å². The highest BCUT2D eigenvalue weighted by atomic mass is 16.5. The van der Waals surface area contributed by atoms with Crippen LogP contribution in [0.1, 0.15) is 92.6 Å². The predicted molar refractivity (Wildman–Crippen MR) is 166 cm³/mol. The molecular formula is C33H49BO6. The normalized spacial score (nSPS) is 15.8. The van der Waals surface area contributed by atoms with E-state index in [0.717, 1.165) is 55.2 Å². The third kappa shape index (κ3) is 14.1. The molecule has 0 saturated heterocycles. The number of phenolic OH excluding ortho intramolecular Hbond substituents is 1. The maximum Gasteiger partial charge on any atom is 0.384 e. The van der Waals surface area contributed by atoms with Crippen molar-refractivity contribution in [3.8, 4) is 23.8 Å². The van der Waals surface area contributed by atoms with Crippen molar-refractivity contribution >= 4 is 19.8 Å². The molecule has 0 amide bonds. The summed E-state index contributed by atoms with van der Waals surface area (Å²) in [6.45, 7) is 14.7. The molecule has 0 aliphatic heterocycles. The predicted octanol–water partition coefficient (Wildman–Crippen LogP) is 7.62. The van der Waals surface area contributed by atoms with Crippen LogP contribution in [0.25, 0.3) is 0 Å². The minimum Gasteiger partial charge on any atom is -0.507 e. The van der Waals surface area contributed by atoms with Crippen LogP contribution in [0.15, 0.2) is 48.3 Å². The zero-order chi connectivity index (χ0) is 30.5. The molecule has 1 aromatic rings. The molecule has 0 heterocycles. The van der Waals surface area contributed by atoms with Crippen molar-refractivity contribution < 1.29 is 30.3 Å². The van der Waals surface area contributed by atoms with Crippen molar-refractivity contribution in [3.05, 3.63) is 59.4 Å². The summed E-state index contributed by atoms with van der Waals surface area (Å²) >= 11 is 0. The molecule has 6 nitrogen and oxygen atoms in total. The van der Waals surface area contributed by atoms with Crippen LogP contribution < -0.4 is 4.74 Å². The van der Waals surface area contributed by atoms with Crippen LogP contribution in [0.4, 0.5) is 0 Å². The Morgan fingerprint density at radius 2 is 1.90 bits per heavy atom. The summed E-state index contributed by atoms with van der Waals surface area (Å²) in [5, 5.41) is 11.0. The van der Waals surface area contributed by atoms with Crippen molar-refractivity contribution in [1.29, 1.82) is 0 Å². The third-order valence-corrected chi connectivity index (χ3v) is 6.04. The molecule has 1 N–H and O–H groups in total. The molecule has 0 aromatic heterocycles. The Hall–Kier alpha value is -3.40. The highest BCUT2D eigenvalue weighted by molar-refractivity contribution is 6.05. The number of esters is 2. The molecule has 0 saturated carbocycles. The van der Waals surface area contributed by atoms with Gasteiger partial charge in [0.25, 0.3) is 0 Å². The van der Waals surface area contributed by atoms with Crippen LogP contribution in [0.3, 0.4) is 0 Å². The minimum absolute atomic E-state index is 0. The number of allylic oxidation sites excluding steroid dienone is 3. The Labute approximate surface area is 245 Å². The zero-order valence-corrected chi connectivity index (χ0v) is 24.3. The van der Waals surface area contributed by atoms with Crippen LogP contribution in [-0.2, 0) is 25.5 Å². The number of ether oxygens (including phenoxy) is 3. The van der Waals surface area contributed by atoms with Gasteiger partial charge in [-0.2, -0.15) is 0 Å². The van der Waals surface area contributed by atoms with E-state index in [-0.39, 0.29) is 31.8 Å². The highest BCUT2D eigenvalue weighted by Crippen LogP contribution is 2.47. The average Bonchev–Trinajstić information content (AvgIpc) is 2.89. The first-order valence-electron chi connectivity index (χ1n) is 14.1. The van der Waals surface area contributed by atoms with Gasteiger partial charge in [-0.05, 0) is 77.0 Å². The Kier molecular flexibility index (Phi) is 20.5. The lowest BCUT2D eigenvalue weighted by atomic mass is 9.73. The number of rotatable bonds is 11. The molecule has 1 aliphatic carbocycles. The quantitative estimate of drug-likeness (QED) is 0.0444. The first kappa shape index (κ1) is 36.6. The van der Waals surface area contributed by atoms with E-state index < -0.39 is 11.9 Å². The first-order chi connectivity index (χ1) is 19.1. The number of terminal acetylenes is 1. The van der Waals surface area contributed by atoms with Gasteiger partial charge >= 0.3 is 11.9 Å². The van der Waals surface area contributed by atoms with Crippen molar-refractivity contribution in [2.75, 3.05) is 13.2 Å². The van der Waals surface area contributed by atoms with E-state index in [0.29, 0.717) is 19.0 Å². The largest absolute Gasteiger partial charge is 0.507 e. The third-order valence-electron chi connectivity index (χ3n) is 6.04. The van der Waals surface area contributed by atoms with Gasteiger partial charge in [0.15, 0.2) is 0 Å².